The Hall–Kier alpha value is -6.68. The summed E-state index contributed by atoms with van der Waals surface area (Å²) in [5.74, 6) is -1.08. The number of carbonyl (C=O) groups excluding carboxylic acids is 2. The van der Waals surface area contributed by atoms with E-state index in [0.717, 1.165) is 24.3 Å². The Bertz CT molecular complexity index is 2200. The molecule has 0 radical (unpaired) electrons. The van der Waals surface area contributed by atoms with Gasteiger partial charge in [-0.3, -0.25) is 38.4 Å². The lowest BCUT2D eigenvalue weighted by molar-refractivity contribution is -0.388. The lowest BCUT2D eigenvalue weighted by Crippen LogP contribution is -2.43. The van der Waals surface area contributed by atoms with Crippen LogP contribution in [0.25, 0.3) is 0 Å². The summed E-state index contributed by atoms with van der Waals surface area (Å²) < 4.78 is 78.2. The number of methoxy groups -OCH3 is 4. The number of rotatable bonds is 20. The molecule has 4 aromatic carbocycles. The minimum atomic E-state index is -4.76. The number of hydrogen-bond donors (Lipinski definition) is 2. The molecule has 2 amide bonds. The molecular formula is C35H38N6O14S2. The van der Waals surface area contributed by atoms with E-state index in [0.29, 0.717) is 20.1 Å². The molecule has 0 saturated heterocycles. The van der Waals surface area contributed by atoms with Crippen molar-refractivity contribution in [2.24, 2.45) is 0 Å². The number of amides is 2. The van der Waals surface area contributed by atoms with Gasteiger partial charge in [-0.15, -0.1) is 0 Å². The maximum absolute atomic E-state index is 14.0. The van der Waals surface area contributed by atoms with Crippen LogP contribution in [0.15, 0.2) is 94.7 Å². The number of nitrogens with zero attached hydrogens (tertiary/aromatic N) is 4. The van der Waals surface area contributed by atoms with Crippen molar-refractivity contribution in [3.63, 3.8) is 0 Å². The molecule has 4 aromatic rings. The molecule has 0 spiro atoms. The molecule has 0 atom stereocenters. The van der Waals surface area contributed by atoms with Gasteiger partial charge in [0, 0.05) is 37.4 Å². The molecule has 0 bridgehead atoms. The van der Waals surface area contributed by atoms with E-state index in [2.05, 4.69) is 10.6 Å². The Balaban J connectivity index is 1.50. The monoisotopic (exact) mass is 830 g/mol. The fourth-order valence-electron chi connectivity index (χ4n) is 5.39. The van der Waals surface area contributed by atoms with Gasteiger partial charge < -0.3 is 29.6 Å². The third kappa shape index (κ3) is 9.96. The van der Waals surface area contributed by atoms with Crippen LogP contribution in [0.1, 0.15) is 6.42 Å². The van der Waals surface area contributed by atoms with Crippen molar-refractivity contribution in [1.29, 1.82) is 0 Å². The van der Waals surface area contributed by atoms with Gasteiger partial charge in [-0.1, -0.05) is 24.3 Å². The van der Waals surface area contributed by atoms with E-state index < -0.39 is 76.0 Å². The molecule has 0 aliphatic rings. The number of nitro benzene ring substituents is 2. The van der Waals surface area contributed by atoms with Crippen molar-refractivity contribution < 1.29 is 55.2 Å². The molecule has 0 aromatic heterocycles. The smallest absolute Gasteiger partial charge is 0.289 e. The molecule has 2 N–H and O–H groups in total. The maximum atomic E-state index is 14.0. The van der Waals surface area contributed by atoms with E-state index in [1.807, 2.05) is 0 Å². The van der Waals surface area contributed by atoms with Crippen LogP contribution < -0.4 is 38.2 Å². The summed E-state index contributed by atoms with van der Waals surface area (Å²) in [4.78, 5) is 46.9. The average Bonchev–Trinajstić information content (AvgIpc) is 3.21. The van der Waals surface area contributed by atoms with Gasteiger partial charge >= 0.3 is 0 Å². The first-order chi connectivity index (χ1) is 27.1. The Morgan fingerprint density at radius 1 is 0.596 bits per heavy atom. The second-order valence-electron chi connectivity index (χ2n) is 11.6. The Morgan fingerprint density at radius 2 is 0.965 bits per heavy atom. The summed E-state index contributed by atoms with van der Waals surface area (Å²) in [5, 5.41) is 28.6. The highest BCUT2D eigenvalue weighted by Gasteiger charge is 2.36. The van der Waals surface area contributed by atoms with Crippen LogP contribution in [0.5, 0.6) is 23.0 Å². The van der Waals surface area contributed by atoms with Gasteiger partial charge in [-0.2, -0.15) is 0 Å². The van der Waals surface area contributed by atoms with Crippen LogP contribution >= 0.6 is 0 Å². The average molecular weight is 831 g/mol. The third-order valence-corrected chi connectivity index (χ3v) is 11.8. The predicted molar refractivity (Wildman–Crippen MR) is 205 cm³/mol. The number of nitro groups is 2. The van der Waals surface area contributed by atoms with Gasteiger partial charge in [0.05, 0.1) is 49.7 Å². The first-order valence-corrected chi connectivity index (χ1v) is 19.5. The minimum Gasteiger partial charge on any atom is -0.497 e. The van der Waals surface area contributed by atoms with Crippen molar-refractivity contribution in [2.75, 3.05) is 63.2 Å². The zero-order valence-corrected chi connectivity index (χ0v) is 32.6. The van der Waals surface area contributed by atoms with E-state index in [9.17, 15) is 46.7 Å². The van der Waals surface area contributed by atoms with E-state index in [1.165, 1.54) is 89.1 Å². The van der Waals surface area contributed by atoms with Gasteiger partial charge in [0.2, 0.25) is 11.8 Å². The van der Waals surface area contributed by atoms with Gasteiger partial charge in [-0.05, 0) is 42.8 Å². The number of nitrogens with one attached hydrogen (secondary N) is 2. The van der Waals surface area contributed by atoms with Gasteiger partial charge in [0.25, 0.3) is 31.4 Å². The topological polar surface area (TPSA) is 256 Å². The zero-order valence-electron chi connectivity index (χ0n) is 30.9. The molecular weight excluding hydrogens is 793 g/mol. The molecule has 0 aliphatic heterocycles. The number of carbonyl (C=O) groups is 2. The summed E-state index contributed by atoms with van der Waals surface area (Å²) in [6.45, 7) is -1.90. The molecule has 0 saturated carbocycles. The number of anilines is 2. The van der Waals surface area contributed by atoms with Crippen LogP contribution in [-0.4, -0.2) is 93.1 Å². The molecule has 0 unspecified atom stereocenters. The molecule has 0 heterocycles. The second kappa shape index (κ2) is 18.8. The highest BCUT2D eigenvalue weighted by Crippen LogP contribution is 2.38. The number of para-hydroxylation sites is 2. The third-order valence-electron chi connectivity index (χ3n) is 8.14. The van der Waals surface area contributed by atoms with Crippen molar-refractivity contribution in [3.8, 4) is 23.0 Å². The maximum Gasteiger partial charge on any atom is 0.289 e. The van der Waals surface area contributed by atoms with Crippen molar-refractivity contribution in [2.45, 2.75) is 16.2 Å². The largest absolute Gasteiger partial charge is 0.497 e. The van der Waals surface area contributed by atoms with E-state index >= 15 is 0 Å². The van der Waals surface area contributed by atoms with Crippen LogP contribution in [0, 0.1) is 20.2 Å². The quantitative estimate of drug-likeness (QED) is 0.0737. The van der Waals surface area contributed by atoms with Crippen molar-refractivity contribution >= 4 is 54.6 Å². The Kier molecular flexibility index (Phi) is 14.2. The fraction of sp³-hybridized carbons (Fsp3) is 0.257. The molecule has 20 nitrogen and oxygen atoms in total. The lowest BCUT2D eigenvalue weighted by atomic mass is 10.2. The molecule has 4 rings (SSSR count). The predicted octanol–water partition coefficient (Wildman–Crippen LogP) is 3.25. The first kappa shape index (κ1) is 43.1. The standard InChI is InChI=1S/C35H38N6O14S2/c1-52-24-14-16-26(30(20-24)54-3)38(56(48,49)32-12-7-5-10-28(32)40(44)45)22-34(42)36-18-9-19-37-35(43)23-39(27-17-15-25(53-2)21-31(27)55-4)57(50,51)33-13-8-6-11-29(33)41(46)47/h5-8,10-17,20-21H,9,18-19,22-23H2,1-4H3,(H,36,42)(H,37,43). The summed E-state index contributed by atoms with van der Waals surface area (Å²) in [6, 6.07) is 17.5. The first-order valence-electron chi connectivity index (χ1n) is 16.6. The van der Waals surface area contributed by atoms with Crippen LogP contribution in [0.4, 0.5) is 22.7 Å². The van der Waals surface area contributed by atoms with Gasteiger partial charge in [0.15, 0.2) is 9.79 Å². The van der Waals surface area contributed by atoms with Crippen molar-refractivity contribution in [1.82, 2.24) is 10.6 Å². The second-order valence-corrected chi connectivity index (χ2v) is 15.3. The minimum absolute atomic E-state index is 0.0165. The Labute approximate surface area is 327 Å². The van der Waals surface area contributed by atoms with E-state index in [1.54, 1.807) is 0 Å². The van der Waals surface area contributed by atoms with Gasteiger partial charge in [-0.25, -0.2) is 16.8 Å². The van der Waals surface area contributed by atoms with Crippen molar-refractivity contribution in [3.05, 3.63) is 105 Å². The summed E-state index contributed by atoms with van der Waals surface area (Å²) in [7, 11) is -4.25. The van der Waals surface area contributed by atoms with E-state index in [4.69, 9.17) is 18.9 Å². The summed E-state index contributed by atoms with van der Waals surface area (Å²) in [6.07, 6.45) is 0.0724. The summed E-state index contributed by atoms with van der Waals surface area (Å²) in [5.41, 5.74) is -1.67. The number of benzene rings is 4. The number of ether oxygens (including phenoxy) is 4. The lowest BCUT2D eigenvalue weighted by Gasteiger charge is -2.26. The van der Waals surface area contributed by atoms with Crippen LogP contribution in [0.2, 0.25) is 0 Å². The van der Waals surface area contributed by atoms with Gasteiger partial charge in [0.1, 0.15) is 36.1 Å². The fourth-order valence-corrected chi connectivity index (χ4v) is 8.57. The highest BCUT2D eigenvalue weighted by atomic mass is 32.2. The van der Waals surface area contributed by atoms with Crippen LogP contribution in [0.3, 0.4) is 0 Å². The molecule has 304 valence electrons. The van der Waals surface area contributed by atoms with Crippen LogP contribution in [-0.2, 0) is 29.6 Å². The molecule has 57 heavy (non-hydrogen) atoms. The Morgan fingerprint density at radius 3 is 1.30 bits per heavy atom. The molecule has 22 heteroatoms. The van der Waals surface area contributed by atoms with E-state index in [-0.39, 0.29) is 42.4 Å². The normalized spacial score (nSPS) is 11.2. The highest BCUT2D eigenvalue weighted by molar-refractivity contribution is 7.93. The SMILES string of the molecule is COc1ccc(N(CC(=O)NCCCNC(=O)CN(c2ccc(OC)cc2OC)S(=O)(=O)c2ccccc2[N+](=O)[O-])S(=O)(=O)c2ccccc2[N+](=O)[O-])c(OC)c1. The number of hydrogen-bond acceptors (Lipinski definition) is 14. The zero-order chi connectivity index (χ0) is 41.9. The number of sulfonamides is 2. The molecule has 0 aliphatic carbocycles. The summed E-state index contributed by atoms with van der Waals surface area (Å²) >= 11 is 0. The molecule has 0 fully saturated rings.